The zero-order valence-electron chi connectivity index (χ0n) is 25.7. The van der Waals surface area contributed by atoms with Crippen molar-refractivity contribution in [1.29, 1.82) is 0 Å². The minimum Gasteiger partial charge on any atom is -0.493 e. The lowest BCUT2D eigenvalue weighted by Gasteiger charge is -2.12. The first kappa shape index (κ1) is 32.7. The number of methoxy groups -OCH3 is 5. The third-order valence-electron chi connectivity index (χ3n) is 6.57. The second-order valence-corrected chi connectivity index (χ2v) is 10.3. The smallest absolute Gasteiger partial charge is 0.234 e. The van der Waals surface area contributed by atoms with Gasteiger partial charge >= 0.3 is 0 Å². The van der Waals surface area contributed by atoms with Crippen molar-refractivity contribution in [3.63, 3.8) is 0 Å². The average Bonchev–Trinajstić information content (AvgIpc) is 3.47. The largest absolute Gasteiger partial charge is 0.493 e. The molecule has 0 saturated heterocycles. The number of hydrogen-bond acceptors (Lipinski definition) is 10. The lowest BCUT2D eigenvalue weighted by molar-refractivity contribution is -0.113. The number of amides is 1. The molecule has 3 aromatic carbocycles. The number of ether oxygens (including phenoxy) is 5. The molecule has 0 aliphatic rings. The molecular formula is C33H34N4O7S. The number of anilines is 1. The molecule has 12 heteroatoms. The van der Waals surface area contributed by atoms with E-state index in [1.807, 2.05) is 16.7 Å². The predicted molar refractivity (Wildman–Crippen MR) is 174 cm³/mol. The molecule has 4 aromatic rings. The molecular weight excluding hydrogens is 596 g/mol. The van der Waals surface area contributed by atoms with E-state index in [1.165, 1.54) is 39.2 Å². The van der Waals surface area contributed by atoms with Crippen LogP contribution in [0.15, 0.2) is 78.5 Å². The standard InChI is InChI=1S/C33H34N4O7S/c1-7-16-37-32(23-11-15-26(40-2)27(19-23)41-3)35-36-33(37)45-20-30(39)34-24-12-9-22(10-13-24)25(38)14-8-21-17-28(42-4)31(44-6)29(18-21)43-5/h7-15,17-19H,1,16,20H2,2-6H3,(H,34,39)/b14-8+. The van der Waals surface area contributed by atoms with Crippen molar-refractivity contribution < 1.29 is 33.3 Å². The Balaban J connectivity index is 1.38. The van der Waals surface area contributed by atoms with Gasteiger partial charge in [0, 0.05) is 23.4 Å². The third-order valence-corrected chi connectivity index (χ3v) is 7.54. The molecule has 234 valence electrons. The van der Waals surface area contributed by atoms with Crippen molar-refractivity contribution in [2.75, 3.05) is 46.6 Å². The van der Waals surface area contributed by atoms with E-state index < -0.39 is 0 Å². The third kappa shape index (κ3) is 7.84. The molecule has 0 atom stereocenters. The second-order valence-electron chi connectivity index (χ2n) is 9.35. The van der Waals surface area contributed by atoms with Crippen molar-refractivity contribution in [3.8, 4) is 40.1 Å². The predicted octanol–water partition coefficient (Wildman–Crippen LogP) is 5.80. The molecule has 4 rings (SSSR count). The van der Waals surface area contributed by atoms with Gasteiger partial charge in [-0.3, -0.25) is 14.2 Å². The topological polar surface area (TPSA) is 123 Å². The fraction of sp³-hybridized carbons (Fsp3) is 0.212. The number of carbonyl (C=O) groups is 2. The minimum atomic E-state index is -0.234. The maximum atomic E-state index is 12.8. The number of ketones is 1. The number of thioether (sulfide) groups is 1. The monoisotopic (exact) mass is 630 g/mol. The van der Waals surface area contributed by atoms with Gasteiger partial charge in [-0.05, 0) is 66.2 Å². The van der Waals surface area contributed by atoms with Crippen LogP contribution in [-0.4, -0.2) is 67.8 Å². The van der Waals surface area contributed by atoms with E-state index in [4.69, 9.17) is 23.7 Å². The molecule has 1 N–H and O–H groups in total. The van der Waals surface area contributed by atoms with Crippen molar-refractivity contribution in [1.82, 2.24) is 14.8 Å². The molecule has 45 heavy (non-hydrogen) atoms. The number of carbonyl (C=O) groups excluding carboxylic acids is 2. The molecule has 0 unspecified atom stereocenters. The Bertz CT molecular complexity index is 1670. The molecule has 0 radical (unpaired) electrons. The Kier molecular flexibility index (Phi) is 11.2. The summed E-state index contributed by atoms with van der Waals surface area (Å²) in [5, 5.41) is 12.1. The van der Waals surface area contributed by atoms with E-state index >= 15 is 0 Å². The maximum absolute atomic E-state index is 12.8. The Morgan fingerprint density at radius 1 is 0.844 bits per heavy atom. The van der Waals surface area contributed by atoms with Crippen molar-refractivity contribution >= 4 is 35.2 Å². The summed E-state index contributed by atoms with van der Waals surface area (Å²) in [6.45, 7) is 4.29. The summed E-state index contributed by atoms with van der Waals surface area (Å²) in [4.78, 5) is 25.6. The summed E-state index contributed by atoms with van der Waals surface area (Å²) >= 11 is 1.25. The van der Waals surface area contributed by atoms with Gasteiger partial charge in [-0.2, -0.15) is 0 Å². The highest BCUT2D eigenvalue weighted by Gasteiger charge is 2.17. The number of nitrogens with zero attached hydrogens (tertiary/aromatic N) is 3. The highest BCUT2D eigenvalue weighted by atomic mass is 32.2. The number of nitrogens with one attached hydrogen (secondary N) is 1. The van der Waals surface area contributed by atoms with Gasteiger partial charge in [0.25, 0.3) is 0 Å². The summed E-state index contributed by atoms with van der Waals surface area (Å²) in [6.07, 6.45) is 4.86. The number of rotatable bonds is 15. The maximum Gasteiger partial charge on any atom is 0.234 e. The Labute approximate surface area is 265 Å². The summed E-state index contributed by atoms with van der Waals surface area (Å²) in [6, 6.07) is 15.6. The van der Waals surface area contributed by atoms with Gasteiger partial charge in [-0.15, -0.1) is 16.8 Å². The fourth-order valence-corrected chi connectivity index (χ4v) is 5.14. The number of benzene rings is 3. The summed E-state index contributed by atoms with van der Waals surface area (Å²) in [5.41, 5.74) is 2.51. The first-order valence-electron chi connectivity index (χ1n) is 13.7. The van der Waals surface area contributed by atoms with Crippen LogP contribution in [0.5, 0.6) is 28.7 Å². The van der Waals surface area contributed by atoms with Gasteiger partial charge in [0.2, 0.25) is 11.7 Å². The Hall–Kier alpha value is -5.23. The minimum absolute atomic E-state index is 0.0966. The molecule has 11 nitrogen and oxygen atoms in total. The van der Waals surface area contributed by atoms with E-state index in [0.717, 1.165) is 5.56 Å². The molecule has 1 heterocycles. The van der Waals surface area contributed by atoms with Gasteiger partial charge < -0.3 is 29.0 Å². The van der Waals surface area contributed by atoms with Crippen LogP contribution in [0.1, 0.15) is 15.9 Å². The summed E-state index contributed by atoms with van der Waals surface area (Å²) < 4.78 is 28.7. The van der Waals surface area contributed by atoms with Crippen LogP contribution in [0.2, 0.25) is 0 Å². The van der Waals surface area contributed by atoms with E-state index in [9.17, 15) is 9.59 Å². The zero-order chi connectivity index (χ0) is 32.3. The molecule has 0 aliphatic heterocycles. The molecule has 0 spiro atoms. The number of allylic oxidation sites excluding steroid dienone is 2. The summed E-state index contributed by atoms with van der Waals surface area (Å²) in [5.74, 6) is 2.88. The molecule has 0 aliphatic carbocycles. The van der Waals surface area contributed by atoms with Crippen LogP contribution in [0, 0.1) is 0 Å². The van der Waals surface area contributed by atoms with E-state index in [2.05, 4.69) is 22.1 Å². The number of aromatic nitrogens is 3. The molecule has 0 fully saturated rings. The number of hydrogen-bond donors (Lipinski definition) is 1. The lowest BCUT2D eigenvalue weighted by Crippen LogP contribution is -2.14. The van der Waals surface area contributed by atoms with Crippen LogP contribution in [0.4, 0.5) is 5.69 Å². The van der Waals surface area contributed by atoms with Gasteiger partial charge in [0.1, 0.15) is 0 Å². The molecule has 0 saturated carbocycles. The average molecular weight is 631 g/mol. The van der Waals surface area contributed by atoms with Crippen molar-refractivity contribution in [2.45, 2.75) is 11.7 Å². The summed E-state index contributed by atoms with van der Waals surface area (Å²) in [7, 11) is 7.73. The highest BCUT2D eigenvalue weighted by Crippen LogP contribution is 2.38. The van der Waals surface area contributed by atoms with Gasteiger partial charge in [0.05, 0.1) is 41.3 Å². The van der Waals surface area contributed by atoms with E-state index in [0.29, 0.717) is 63.1 Å². The quantitative estimate of drug-likeness (QED) is 0.0746. The van der Waals surface area contributed by atoms with Crippen molar-refractivity contribution in [2.24, 2.45) is 0 Å². The van der Waals surface area contributed by atoms with E-state index in [-0.39, 0.29) is 17.4 Å². The zero-order valence-corrected chi connectivity index (χ0v) is 26.5. The van der Waals surface area contributed by atoms with Crippen molar-refractivity contribution in [3.05, 3.63) is 84.5 Å². The van der Waals surface area contributed by atoms with Crippen LogP contribution >= 0.6 is 11.8 Å². The fourth-order valence-electron chi connectivity index (χ4n) is 4.39. The van der Waals surface area contributed by atoms with Crippen LogP contribution in [0.3, 0.4) is 0 Å². The van der Waals surface area contributed by atoms with Gasteiger partial charge in [-0.1, -0.05) is 23.9 Å². The molecule has 0 bridgehead atoms. The first-order valence-corrected chi connectivity index (χ1v) is 14.7. The normalized spacial score (nSPS) is 10.8. The van der Waals surface area contributed by atoms with E-state index in [1.54, 1.807) is 68.8 Å². The lowest BCUT2D eigenvalue weighted by atomic mass is 10.1. The van der Waals surface area contributed by atoms with Gasteiger partial charge in [0.15, 0.2) is 39.8 Å². The first-order chi connectivity index (χ1) is 21.8. The van der Waals surface area contributed by atoms with Crippen LogP contribution < -0.4 is 29.0 Å². The molecule has 1 amide bonds. The van der Waals surface area contributed by atoms with Crippen LogP contribution in [-0.2, 0) is 11.3 Å². The SMILES string of the molecule is C=CCn1c(SCC(=O)Nc2ccc(C(=O)/C=C/c3cc(OC)c(OC)c(OC)c3)cc2)nnc1-c1ccc(OC)c(OC)c1. The van der Waals surface area contributed by atoms with Gasteiger partial charge in [-0.25, -0.2) is 0 Å². The Morgan fingerprint density at radius 3 is 2.11 bits per heavy atom. The highest BCUT2D eigenvalue weighted by molar-refractivity contribution is 7.99. The second kappa shape index (κ2) is 15.5. The van der Waals surface area contributed by atoms with Crippen LogP contribution in [0.25, 0.3) is 17.5 Å². The molecule has 1 aromatic heterocycles. The Morgan fingerprint density at radius 2 is 1.51 bits per heavy atom.